The molecule has 0 fully saturated rings. The number of esters is 1. The highest BCUT2D eigenvalue weighted by atomic mass is 32.1. The van der Waals surface area contributed by atoms with Gasteiger partial charge in [0.25, 0.3) is 5.56 Å². The Balaban J connectivity index is 1.37. The van der Waals surface area contributed by atoms with Crippen molar-refractivity contribution in [2.45, 2.75) is 20.2 Å². The molecule has 3 heterocycles. The van der Waals surface area contributed by atoms with Crippen LogP contribution in [0.3, 0.4) is 0 Å². The molecule has 154 valence electrons. The fraction of sp³-hybridized carbons (Fsp3) is 0.136. The van der Waals surface area contributed by atoms with E-state index >= 15 is 0 Å². The van der Waals surface area contributed by atoms with Crippen molar-refractivity contribution in [3.63, 3.8) is 0 Å². The summed E-state index contributed by atoms with van der Waals surface area (Å²) in [6.07, 6.45) is 0. The van der Waals surface area contributed by atoms with Crippen molar-refractivity contribution in [1.82, 2.24) is 24.8 Å². The maximum atomic E-state index is 12.6. The molecule has 0 amide bonds. The quantitative estimate of drug-likeness (QED) is 0.396. The number of aromatic nitrogens is 5. The van der Waals surface area contributed by atoms with E-state index < -0.39 is 5.97 Å². The zero-order valence-corrected chi connectivity index (χ0v) is 17.4. The molecule has 3 aromatic heterocycles. The average Bonchev–Trinajstić information content (AvgIpc) is 3.35. The summed E-state index contributed by atoms with van der Waals surface area (Å²) in [5.41, 5.74) is 2.11. The van der Waals surface area contributed by atoms with E-state index in [9.17, 15) is 9.59 Å². The van der Waals surface area contributed by atoms with Crippen molar-refractivity contribution in [1.29, 1.82) is 0 Å². The lowest BCUT2D eigenvalue weighted by atomic mass is 10.2. The normalized spacial score (nSPS) is 11.3. The molecule has 5 aromatic rings. The number of thiophene rings is 1. The molecule has 0 aliphatic heterocycles. The zero-order chi connectivity index (χ0) is 21.4. The van der Waals surface area contributed by atoms with Gasteiger partial charge in [-0.05, 0) is 30.7 Å². The zero-order valence-electron chi connectivity index (χ0n) is 16.6. The van der Waals surface area contributed by atoms with Gasteiger partial charge in [-0.25, -0.2) is 4.79 Å². The third-order valence-corrected chi connectivity index (χ3v) is 6.06. The summed E-state index contributed by atoms with van der Waals surface area (Å²) in [5, 5.41) is 13.8. The van der Waals surface area contributed by atoms with E-state index in [0.717, 1.165) is 26.2 Å². The van der Waals surface area contributed by atoms with Crippen molar-refractivity contribution < 1.29 is 9.53 Å². The van der Waals surface area contributed by atoms with Crippen molar-refractivity contribution in [2.24, 2.45) is 0 Å². The summed E-state index contributed by atoms with van der Waals surface area (Å²) in [6, 6.07) is 18.7. The Labute approximate surface area is 180 Å². The Bertz CT molecular complexity index is 1470. The van der Waals surface area contributed by atoms with Crippen LogP contribution in [0.25, 0.3) is 21.1 Å². The van der Waals surface area contributed by atoms with E-state index in [1.165, 1.54) is 11.3 Å². The first-order valence-corrected chi connectivity index (χ1v) is 10.4. The standard InChI is InChI=1S/C22H17N5O3S/c1-14-17-11-19(31-21(17)26(24-14)12-15-7-3-2-4-8-15)22(29)30-13-27-20(28)16-9-5-6-10-18(16)23-25-27/h2-11H,12-13H2,1H3. The summed E-state index contributed by atoms with van der Waals surface area (Å²) >= 11 is 1.32. The second-order valence-electron chi connectivity index (χ2n) is 7.03. The van der Waals surface area contributed by atoms with Gasteiger partial charge < -0.3 is 4.74 Å². The van der Waals surface area contributed by atoms with Gasteiger partial charge in [0, 0.05) is 5.39 Å². The molecule has 0 unspecified atom stereocenters. The largest absolute Gasteiger partial charge is 0.438 e. The average molecular weight is 431 g/mol. The molecule has 8 nitrogen and oxygen atoms in total. The molecule has 2 aromatic carbocycles. The predicted octanol–water partition coefficient (Wildman–Crippen LogP) is 3.37. The lowest BCUT2D eigenvalue weighted by molar-refractivity contribution is 0.0342. The Hall–Kier alpha value is -3.85. The Morgan fingerprint density at radius 2 is 1.81 bits per heavy atom. The lowest BCUT2D eigenvalue weighted by Gasteiger charge is -2.05. The minimum atomic E-state index is -0.520. The summed E-state index contributed by atoms with van der Waals surface area (Å²) < 4.78 is 8.27. The van der Waals surface area contributed by atoms with Crippen LogP contribution in [0, 0.1) is 6.92 Å². The number of carbonyl (C=O) groups excluding carboxylic acids is 1. The highest BCUT2D eigenvalue weighted by Crippen LogP contribution is 2.29. The van der Waals surface area contributed by atoms with Gasteiger partial charge in [-0.15, -0.1) is 16.4 Å². The molecule has 5 rings (SSSR count). The van der Waals surface area contributed by atoms with Gasteiger partial charge in [-0.3, -0.25) is 9.48 Å². The van der Waals surface area contributed by atoms with Crippen LogP contribution >= 0.6 is 11.3 Å². The molecular formula is C22H17N5O3S. The van der Waals surface area contributed by atoms with E-state index in [-0.39, 0.29) is 12.3 Å². The molecule has 0 radical (unpaired) electrons. The van der Waals surface area contributed by atoms with Crippen LogP contribution < -0.4 is 5.56 Å². The van der Waals surface area contributed by atoms with Crippen LogP contribution in [0.15, 0.2) is 65.5 Å². The van der Waals surface area contributed by atoms with E-state index in [1.54, 1.807) is 30.3 Å². The first-order chi connectivity index (χ1) is 15.1. The van der Waals surface area contributed by atoms with Crippen molar-refractivity contribution in [3.05, 3.63) is 87.2 Å². The minimum absolute atomic E-state index is 0.307. The van der Waals surface area contributed by atoms with Crippen LogP contribution in [0.1, 0.15) is 20.9 Å². The lowest BCUT2D eigenvalue weighted by Crippen LogP contribution is -2.26. The summed E-state index contributed by atoms with van der Waals surface area (Å²) in [4.78, 5) is 26.5. The molecule has 0 atom stereocenters. The number of aryl methyl sites for hydroxylation is 1. The molecule has 0 aliphatic carbocycles. The number of fused-ring (bicyclic) bond motifs is 2. The van der Waals surface area contributed by atoms with Crippen LogP contribution in [-0.2, 0) is 18.0 Å². The van der Waals surface area contributed by atoms with Crippen molar-refractivity contribution >= 4 is 38.4 Å². The number of hydrogen-bond acceptors (Lipinski definition) is 7. The Morgan fingerprint density at radius 3 is 2.65 bits per heavy atom. The minimum Gasteiger partial charge on any atom is -0.438 e. The molecule has 0 aliphatic rings. The van der Waals surface area contributed by atoms with Gasteiger partial charge in [-0.2, -0.15) is 9.78 Å². The monoisotopic (exact) mass is 431 g/mol. The van der Waals surface area contributed by atoms with Gasteiger partial charge in [0.2, 0.25) is 0 Å². The molecule has 0 N–H and O–H groups in total. The van der Waals surface area contributed by atoms with Crippen molar-refractivity contribution in [3.8, 4) is 0 Å². The van der Waals surface area contributed by atoms with Gasteiger partial charge in [0.15, 0.2) is 6.73 Å². The Kier molecular flexibility index (Phi) is 4.79. The highest BCUT2D eigenvalue weighted by molar-refractivity contribution is 7.20. The van der Waals surface area contributed by atoms with Gasteiger partial charge in [0.05, 0.1) is 17.6 Å². The second-order valence-corrected chi connectivity index (χ2v) is 8.06. The number of ether oxygens (including phenoxy) is 1. The second kappa shape index (κ2) is 7.77. The molecule has 9 heteroatoms. The summed E-state index contributed by atoms with van der Waals surface area (Å²) in [6.45, 7) is 2.22. The Morgan fingerprint density at radius 1 is 1.03 bits per heavy atom. The molecular weight excluding hydrogens is 414 g/mol. The SMILES string of the molecule is Cc1nn(Cc2ccccc2)c2sc(C(=O)OCn3nnc4ccccc4c3=O)cc12. The first kappa shape index (κ1) is 19.1. The molecule has 0 saturated carbocycles. The third kappa shape index (κ3) is 3.59. The number of carbonyl (C=O) groups is 1. The smallest absolute Gasteiger partial charge is 0.350 e. The first-order valence-electron chi connectivity index (χ1n) is 9.61. The fourth-order valence-electron chi connectivity index (χ4n) is 3.38. The molecule has 0 spiro atoms. The van der Waals surface area contributed by atoms with Crippen LogP contribution in [0.2, 0.25) is 0 Å². The number of benzene rings is 2. The highest BCUT2D eigenvalue weighted by Gasteiger charge is 2.18. The number of rotatable bonds is 5. The molecule has 31 heavy (non-hydrogen) atoms. The molecule has 0 bridgehead atoms. The van der Waals surface area contributed by atoms with E-state index in [2.05, 4.69) is 15.4 Å². The van der Waals surface area contributed by atoms with E-state index in [1.807, 2.05) is 41.9 Å². The molecule has 0 saturated heterocycles. The van der Waals surface area contributed by atoms with Gasteiger partial charge in [-0.1, -0.05) is 47.7 Å². The fourth-order valence-corrected chi connectivity index (χ4v) is 4.43. The summed E-state index contributed by atoms with van der Waals surface area (Å²) in [7, 11) is 0. The van der Waals surface area contributed by atoms with Crippen molar-refractivity contribution in [2.75, 3.05) is 0 Å². The predicted molar refractivity (Wildman–Crippen MR) is 117 cm³/mol. The third-order valence-electron chi connectivity index (χ3n) is 4.93. The van der Waals surface area contributed by atoms with E-state index in [0.29, 0.717) is 22.3 Å². The topological polar surface area (TPSA) is 91.9 Å². The maximum absolute atomic E-state index is 12.6. The van der Waals surface area contributed by atoms with Gasteiger partial charge in [0.1, 0.15) is 15.2 Å². The summed E-state index contributed by atoms with van der Waals surface area (Å²) in [5.74, 6) is -0.520. The van der Waals surface area contributed by atoms with E-state index in [4.69, 9.17) is 4.74 Å². The van der Waals surface area contributed by atoms with Crippen LogP contribution in [0.5, 0.6) is 0 Å². The van der Waals surface area contributed by atoms with Crippen LogP contribution in [0.4, 0.5) is 0 Å². The number of nitrogens with zero attached hydrogens (tertiary/aromatic N) is 5. The number of hydrogen-bond donors (Lipinski definition) is 0. The van der Waals surface area contributed by atoms with Crippen LogP contribution in [-0.4, -0.2) is 30.7 Å². The van der Waals surface area contributed by atoms with Gasteiger partial charge >= 0.3 is 5.97 Å². The maximum Gasteiger partial charge on any atom is 0.350 e.